The number of furan rings is 1. The van der Waals surface area contributed by atoms with Crippen LogP contribution in [0.2, 0.25) is 0 Å². The Bertz CT molecular complexity index is 286. The zero-order chi connectivity index (χ0) is 9.14. The first kappa shape index (κ1) is 8.84. The smallest absolute Gasteiger partial charge is 0.303 e. The van der Waals surface area contributed by atoms with E-state index < -0.39 is 5.97 Å². The largest absolute Gasteiger partial charge is 0.481 e. The Hall–Kier alpha value is -1.25. The number of rotatable bonds is 3. The number of hydrogen-bond acceptors (Lipinski definition) is 2. The monoisotopic (exact) mass is 168 g/mol. The number of aryl methyl sites for hydroxylation is 3. The molecule has 0 bridgehead atoms. The van der Waals surface area contributed by atoms with Crippen LogP contribution in [-0.4, -0.2) is 11.1 Å². The highest BCUT2D eigenvalue weighted by atomic mass is 16.4. The predicted octanol–water partition coefficient (Wildman–Crippen LogP) is 1.91. The molecule has 3 nitrogen and oxygen atoms in total. The molecule has 3 heteroatoms. The Morgan fingerprint density at radius 3 is 2.67 bits per heavy atom. The van der Waals surface area contributed by atoms with Crippen molar-refractivity contribution < 1.29 is 14.3 Å². The molecule has 0 unspecified atom stereocenters. The van der Waals surface area contributed by atoms with Gasteiger partial charge in [0, 0.05) is 6.42 Å². The van der Waals surface area contributed by atoms with Gasteiger partial charge in [-0.3, -0.25) is 4.79 Å². The Labute approximate surface area is 71.0 Å². The fourth-order valence-corrected chi connectivity index (χ4v) is 1.16. The van der Waals surface area contributed by atoms with E-state index in [4.69, 9.17) is 9.52 Å². The fourth-order valence-electron chi connectivity index (χ4n) is 1.16. The van der Waals surface area contributed by atoms with Gasteiger partial charge < -0.3 is 9.52 Å². The lowest BCUT2D eigenvalue weighted by Gasteiger charge is -1.93. The van der Waals surface area contributed by atoms with E-state index in [1.54, 1.807) is 0 Å². The van der Waals surface area contributed by atoms with Gasteiger partial charge in [-0.05, 0) is 25.5 Å². The molecular weight excluding hydrogens is 156 g/mol. The maximum Gasteiger partial charge on any atom is 0.303 e. The van der Waals surface area contributed by atoms with Gasteiger partial charge in [0.05, 0.1) is 6.42 Å². The molecule has 1 N–H and O–H groups in total. The molecule has 0 saturated heterocycles. The minimum atomic E-state index is -0.788. The van der Waals surface area contributed by atoms with Crippen molar-refractivity contribution in [3.05, 3.63) is 23.2 Å². The lowest BCUT2D eigenvalue weighted by Crippen LogP contribution is -1.97. The molecule has 0 saturated carbocycles. The van der Waals surface area contributed by atoms with Crippen LogP contribution >= 0.6 is 0 Å². The van der Waals surface area contributed by atoms with E-state index in [0.717, 1.165) is 17.1 Å². The van der Waals surface area contributed by atoms with Crippen LogP contribution in [0.15, 0.2) is 10.5 Å². The maximum atomic E-state index is 10.2. The number of carboxylic acid groups (broad SMARTS) is 1. The number of aliphatic carboxylic acids is 1. The van der Waals surface area contributed by atoms with Crippen LogP contribution < -0.4 is 0 Å². The summed E-state index contributed by atoms with van der Waals surface area (Å²) in [7, 11) is 0. The van der Waals surface area contributed by atoms with Gasteiger partial charge in [0.1, 0.15) is 11.5 Å². The third kappa shape index (κ3) is 2.12. The van der Waals surface area contributed by atoms with Crippen LogP contribution in [0.25, 0.3) is 0 Å². The van der Waals surface area contributed by atoms with Crippen molar-refractivity contribution in [2.24, 2.45) is 0 Å². The predicted molar refractivity (Wildman–Crippen MR) is 44.1 cm³/mol. The van der Waals surface area contributed by atoms with Gasteiger partial charge in [0.2, 0.25) is 0 Å². The standard InChI is InChI=1S/C9H12O3/c1-6-5-7(2)12-8(6)3-4-9(10)11/h5H,3-4H2,1-2H3,(H,10,11). The first-order chi connectivity index (χ1) is 5.59. The zero-order valence-corrected chi connectivity index (χ0v) is 7.26. The summed E-state index contributed by atoms with van der Waals surface area (Å²) in [6.45, 7) is 3.78. The van der Waals surface area contributed by atoms with Crippen molar-refractivity contribution in [3.8, 4) is 0 Å². The molecule has 0 aliphatic carbocycles. The minimum Gasteiger partial charge on any atom is -0.481 e. The Morgan fingerprint density at radius 2 is 2.25 bits per heavy atom. The second-order valence-corrected chi connectivity index (χ2v) is 2.86. The molecule has 0 radical (unpaired) electrons. The van der Waals surface area contributed by atoms with E-state index in [1.165, 1.54) is 0 Å². The molecule has 0 fully saturated rings. The van der Waals surface area contributed by atoms with E-state index >= 15 is 0 Å². The van der Waals surface area contributed by atoms with Crippen molar-refractivity contribution in [1.82, 2.24) is 0 Å². The molecule has 0 aliphatic rings. The molecule has 66 valence electrons. The summed E-state index contributed by atoms with van der Waals surface area (Å²) in [6, 6.07) is 1.91. The average molecular weight is 168 g/mol. The summed E-state index contributed by atoms with van der Waals surface area (Å²) in [5.41, 5.74) is 1.04. The van der Waals surface area contributed by atoms with Crippen molar-refractivity contribution in [3.63, 3.8) is 0 Å². The quantitative estimate of drug-likeness (QED) is 0.750. The Kier molecular flexibility index (Phi) is 2.53. The number of carbonyl (C=O) groups is 1. The van der Waals surface area contributed by atoms with Gasteiger partial charge in [-0.15, -0.1) is 0 Å². The number of hydrogen-bond donors (Lipinski definition) is 1. The summed E-state index contributed by atoms with van der Waals surface area (Å²) in [5, 5.41) is 8.43. The van der Waals surface area contributed by atoms with Gasteiger partial charge in [0.15, 0.2) is 0 Å². The Morgan fingerprint density at radius 1 is 1.58 bits per heavy atom. The lowest BCUT2D eigenvalue weighted by atomic mass is 10.2. The van der Waals surface area contributed by atoms with Crippen LogP contribution in [0, 0.1) is 13.8 Å². The van der Waals surface area contributed by atoms with Gasteiger partial charge in [0.25, 0.3) is 0 Å². The molecule has 0 amide bonds. The molecule has 12 heavy (non-hydrogen) atoms. The first-order valence-corrected chi connectivity index (χ1v) is 3.87. The summed E-state index contributed by atoms with van der Waals surface area (Å²) in [4.78, 5) is 10.2. The molecule has 1 aromatic rings. The highest BCUT2D eigenvalue weighted by molar-refractivity contribution is 5.67. The van der Waals surface area contributed by atoms with Crippen LogP contribution in [0.1, 0.15) is 23.5 Å². The average Bonchev–Trinajstić information content (AvgIpc) is 2.26. The first-order valence-electron chi connectivity index (χ1n) is 3.87. The van der Waals surface area contributed by atoms with Crippen LogP contribution in [-0.2, 0) is 11.2 Å². The molecular formula is C9H12O3. The third-order valence-corrected chi connectivity index (χ3v) is 1.71. The summed E-state index contributed by atoms with van der Waals surface area (Å²) in [5.74, 6) is 0.839. The lowest BCUT2D eigenvalue weighted by molar-refractivity contribution is -0.137. The van der Waals surface area contributed by atoms with Gasteiger partial charge in [-0.2, -0.15) is 0 Å². The molecule has 0 aromatic carbocycles. The highest BCUT2D eigenvalue weighted by Crippen LogP contribution is 2.15. The summed E-state index contributed by atoms with van der Waals surface area (Å²) in [6.07, 6.45) is 0.614. The van der Waals surface area contributed by atoms with Crippen molar-refractivity contribution in [2.45, 2.75) is 26.7 Å². The molecule has 0 spiro atoms. The van der Waals surface area contributed by atoms with E-state index in [2.05, 4.69) is 0 Å². The third-order valence-electron chi connectivity index (χ3n) is 1.71. The zero-order valence-electron chi connectivity index (χ0n) is 7.26. The van der Waals surface area contributed by atoms with E-state index in [0.29, 0.717) is 6.42 Å². The SMILES string of the molecule is Cc1cc(C)c(CCC(=O)O)o1. The second-order valence-electron chi connectivity index (χ2n) is 2.86. The van der Waals surface area contributed by atoms with Crippen molar-refractivity contribution in [1.29, 1.82) is 0 Å². The molecule has 0 atom stereocenters. The van der Waals surface area contributed by atoms with Crippen molar-refractivity contribution >= 4 is 5.97 Å². The Balaban J connectivity index is 2.62. The van der Waals surface area contributed by atoms with Crippen LogP contribution in [0.4, 0.5) is 0 Å². The van der Waals surface area contributed by atoms with E-state index in [1.807, 2.05) is 19.9 Å². The van der Waals surface area contributed by atoms with Crippen LogP contribution in [0.5, 0.6) is 0 Å². The summed E-state index contributed by atoms with van der Waals surface area (Å²) < 4.78 is 5.30. The number of carboxylic acids is 1. The van der Waals surface area contributed by atoms with Gasteiger partial charge >= 0.3 is 5.97 Å². The van der Waals surface area contributed by atoms with E-state index in [9.17, 15) is 4.79 Å². The maximum absolute atomic E-state index is 10.2. The molecule has 1 heterocycles. The highest BCUT2D eigenvalue weighted by Gasteiger charge is 2.06. The topological polar surface area (TPSA) is 50.4 Å². The minimum absolute atomic E-state index is 0.133. The van der Waals surface area contributed by atoms with Gasteiger partial charge in [-0.1, -0.05) is 0 Å². The normalized spacial score (nSPS) is 10.2. The molecule has 1 rings (SSSR count). The van der Waals surface area contributed by atoms with E-state index in [-0.39, 0.29) is 6.42 Å². The van der Waals surface area contributed by atoms with Crippen molar-refractivity contribution in [2.75, 3.05) is 0 Å². The molecule has 1 aromatic heterocycles. The van der Waals surface area contributed by atoms with Gasteiger partial charge in [-0.25, -0.2) is 0 Å². The second kappa shape index (κ2) is 3.43. The summed E-state index contributed by atoms with van der Waals surface area (Å²) >= 11 is 0. The fraction of sp³-hybridized carbons (Fsp3) is 0.444. The molecule has 0 aliphatic heterocycles. The van der Waals surface area contributed by atoms with Crippen LogP contribution in [0.3, 0.4) is 0 Å².